The van der Waals surface area contributed by atoms with Crippen molar-refractivity contribution in [1.29, 1.82) is 0 Å². The van der Waals surface area contributed by atoms with Gasteiger partial charge in [-0.3, -0.25) is 14.4 Å². The van der Waals surface area contributed by atoms with Crippen LogP contribution in [0, 0.1) is 35.5 Å². The molecule has 9 heteroatoms. The summed E-state index contributed by atoms with van der Waals surface area (Å²) in [6.45, 7) is 15.2. The van der Waals surface area contributed by atoms with Gasteiger partial charge in [0.15, 0.2) is 5.78 Å². The smallest absolute Gasteiger partial charge is 0.314 e. The number of hydrogen-bond acceptors (Lipinski definition) is 7. The lowest BCUT2D eigenvalue weighted by molar-refractivity contribution is -0.147. The maximum Gasteiger partial charge on any atom is 0.314 e. The van der Waals surface area contributed by atoms with Crippen molar-refractivity contribution in [3.8, 4) is 0 Å². The molecule has 236 valence electrons. The van der Waals surface area contributed by atoms with Crippen LogP contribution in [0.1, 0.15) is 73.1 Å². The van der Waals surface area contributed by atoms with Gasteiger partial charge in [0, 0.05) is 66.2 Å². The van der Waals surface area contributed by atoms with Gasteiger partial charge >= 0.3 is 11.9 Å². The summed E-state index contributed by atoms with van der Waals surface area (Å²) in [4.78, 5) is 38.4. The van der Waals surface area contributed by atoms with Gasteiger partial charge in [-0.25, -0.2) is 0 Å². The van der Waals surface area contributed by atoms with E-state index in [1.54, 1.807) is 0 Å². The van der Waals surface area contributed by atoms with Crippen molar-refractivity contribution in [2.45, 2.75) is 121 Å². The number of hydrogen-bond donors (Lipinski definition) is 6. The van der Waals surface area contributed by atoms with E-state index < -0.39 is 23.8 Å². The summed E-state index contributed by atoms with van der Waals surface area (Å²) >= 11 is 0. The SMILES string of the molecule is C=CC1C2CC3NC(CC4NC5C(=C4C)C(=O)C(C(=O)O)C5C4NC(CC(N2)C1C)[C@@H](C)[C@@H]4CCC(=O)O)C(CC)=C3C. The number of Topliss-reactive ketones (excluding diaryl/α,β-unsaturated/α-hetero) is 1. The minimum absolute atomic E-state index is 0.0262. The van der Waals surface area contributed by atoms with Gasteiger partial charge in [-0.15, -0.1) is 6.58 Å². The van der Waals surface area contributed by atoms with Crippen LogP contribution in [0.15, 0.2) is 34.9 Å². The second-order valence-electron chi connectivity index (χ2n) is 14.4. The van der Waals surface area contributed by atoms with Crippen molar-refractivity contribution in [3.05, 3.63) is 34.9 Å². The zero-order valence-electron chi connectivity index (χ0n) is 26.2. The Labute approximate surface area is 255 Å². The van der Waals surface area contributed by atoms with Crippen LogP contribution in [-0.2, 0) is 14.4 Å². The summed E-state index contributed by atoms with van der Waals surface area (Å²) in [7, 11) is 0. The minimum atomic E-state index is -1.14. The first-order valence-corrected chi connectivity index (χ1v) is 16.5. The summed E-state index contributed by atoms with van der Waals surface area (Å²) in [5.74, 6) is -3.01. The topological polar surface area (TPSA) is 140 Å². The highest BCUT2D eigenvalue weighted by atomic mass is 16.4. The highest BCUT2D eigenvalue weighted by Crippen LogP contribution is 2.49. The Kier molecular flexibility index (Phi) is 8.24. The lowest BCUT2D eigenvalue weighted by Gasteiger charge is -2.33. The second kappa shape index (κ2) is 11.5. The molecule has 1 saturated carbocycles. The van der Waals surface area contributed by atoms with Gasteiger partial charge in [0.25, 0.3) is 0 Å². The normalized spacial score (nSPS) is 45.7. The van der Waals surface area contributed by atoms with Gasteiger partial charge in [0.05, 0.1) is 0 Å². The maximum atomic E-state index is 13.9. The number of carboxylic acids is 2. The largest absolute Gasteiger partial charge is 0.481 e. The first-order valence-electron chi connectivity index (χ1n) is 16.5. The zero-order chi connectivity index (χ0) is 30.9. The van der Waals surface area contributed by atoms with E-state index in [0.717, 1.165) is 31.3 Å². The molecule has 1 aliphatic carbocycles. The van der Waals surface area contributed by atoms with E-state index in [4.69, 9.17) is 0 Å². The first-order chi connectivity index (χ1) is 20.5. The number of rotatable bonds is 6. The van der Waals surface area contributed by atoms with Gasteiger partial charge in [-0.2, -0.15) is 0 Å². The Morgan fingerprint density at radius 1 is 0.907 bits per heavy atom. The van der Waals surface area contributed by atoms with Gasteiger partial charge in [0.2, 0.25) is 0 Å². The Morgan fingerprint density at radius 2 is 1.60 bits per heavy atom. The van der Waals surface area contributed by atoms with Crippen LogP contribution in [0.3, 0.4) is 0 Å². The van der Waals surface area contributed by atoms with Gasteiger partial charge in [0.1, 0.15) is 5.92 Å². The number of fused-ring (bicyclic) bond motifs is 8. The quantitative estimate of drug-likeness (QED) is 0.202. The van der Waals surface area contributed by atoms with Crippen LogP contribution >= 0.6 is 0 Å². The predicted octanol–water partition coefficient (Wildman–Crippen LogP) is 3.03. The third kappa shape index (κ3) is 4.95. The van der Waals surface area contributed by atoms with Crippen molar-refractivity contribution in [1.82, 2.24) is 21.3 Å². The molecule has 5 aliphatic heterocycles. The third-order valence-corrected chi connectivity index (χ3v) is 12.6. The van der Waals surface area contributed by atoms with Crippen LogP contribution in [0.25, 0.3) is 0 Å². The standard InChI is InChI=1S/C34H50N4O5/c1-7-18-14(3)21-11-23-16(5)20(9-10-27(39)40)31(37-23)29-30(34(42)43)33(41)28-17(6)24(38-32(28)29)13-26-19(8-2)15(4)22(36-26)12-25(18)35-21/h7,14,16,18,20-26,29-32,35-38H,1,8-13H2,2-6H3,(H,39,40)(H,42,43)/t14?,16-,18?,20-,21?,22?,23?,24?,25?,26?,29?,30?,31?,32?/m0/s1. The van der Waals surface area contributed by atoms with E-state index >= 15 is 0 Å². The number of carbonyl (C=O) groups is 3. The molecule has 14 atom stereocenters. The monoisotopic (exact) mass is 594 g/mol. The van der Waals surface area contributed by atoms with Gasteiger partial charge < -0.3 is 31.5 Å². The van der Waals surface area contributed by atoms with E-state index in [1.165, 1.54) is 11.1 Å². The molecule has 5 heterocycles. The third-order valence-electron chi connectivity index (χ3n) is 12.6. The number of carbonyl (C=O) groups excluding carboxylic acids is 1. The molecule has 0 aromatic carbocycles. The number of nitrogens with one attached hydrogen (secondary N) is 4. The highest BCUT2D eigenvalue weighted by Gasteiger charge is 2.60. The van der Waals surface area contributed by atoms with Crippen LogP contribution in [-0.4, -0.2) is 76.3 Å². The molecule has 9 nitrogen and oxygen atoms in total. The molecule has 8 bridgehead atoms. The molecule has 4 fully saturated rings. The van der Waals surface area contributed by atoms with E-state index in [2.05, 4.69) is 61.6 Å². The zero-order valence-corrected chi connectivity index (χ0v) is 26.2. The van der Waals surface area contributed by atoms with E-state index in [0.29, 0.717) is 29.9 Å². The summed E-state index contributed by atoms with van der Waals surface area (Å²) in [6, 6.07) is 0.434. The summed E-state index contributed by atoms with van der Waals surface area (Å²) in [5.41, 5.74) is 4.49. The lowest BCUT2D eigenvalue weighted by Crippen LogP contribution is -2.51. The van der Waals surface area contributed by atoms with Gasteiger partial charge in [-0.05, 0) is 75.2 Å². The highest BCUT2D eigenvalue weighted by molar-refractivity contribution is 6.12. The summed E-state index contributed by atoms with van der Waals surface area (Å²) in [6.07, 6.45) is 6.23. The van der Waals surface area contributed by atoms with Crippen LogP contribution in [0.5, 0.6) is 0 Å². The molecule has 43 heavy (non-hydrogen) atoms. The Bertz CT molecular complexity index is 1260. The average molecular weight is 595 g/mol. The fourth-order valence-corrected chi connectivity index (χ4v) is 10.3. The molecule has 0 aromatic heterocycles. The molecular weight excluding hydrogens is 544 g/mol. The molecular formula is C34H50N4O5. The molecule has 6 N–H and O–H groups in total. The Hall–Kier alpha value is -2.33. The lowest BCUT2D eigenvalue weighted by atomic mass is 9.75. The van der Waals surface area contributed by atoms with Crippen LogP contribution in [0.2, 0.25) is 0 Å². The Balaban J connectivity index is 1.43. The maximum absolute atomic E-state index is 13.9. The van der Waals surface area contributed by atoms with E-state index in [1.807, 2.05) is 6.92 Å². The fraction of sp³-hybridized carbons (Fsp3) is 0.735. The van der Waals surface area contributed by atoms with Crippen LogP contribution in [0.4, 0.5) is 0 Å². The summed E-state index contributed by atoms with van der Waals surface area (Å²) in [5, 5.41) is 35.6. The van der Waals surface area contributed by atoms with Crippen molar-refractivity contribution in [2.75, 3.05) is 0 Å². The molecule has 0 radical (unpaired) electrons. The molecule has 0 spiro atoms. The first kappa shape index (κ1) is 30.7. The summed E-state index contributed by atoms with van der Waals surface area (Å²) < 4.78 is 0. The molecule has 12 unspecified atom stereocenters. The molecule has 6 aliphatic rings. The molecule has 0 aromatic rings. The van der Waals surface area contributed by atoms with Crippen molar-refractivity contribution in [2.24, 2.45) is 35.5 Å². The Morgan fingerprint density at radius 3 is 2.26 bits per heavy atom. The number of aliphatic carboxylic acids is 2. The minimum Gasteiger partial charge on any atom is -0.481 e. The van der Waals surface area contributed by atoms with E-state index in [-0.39, 0.29) is 66.3 Å². The molecule has 0 amide bonds. The van der Waals surface area contributed by atoms with Crippen molar-refractivity contribution >= 4 is 17.7 Å². The fourth-order valence-electron chi connectivity index (χ4n) is 10.3. The van der Waals surface area contributed by atoms with E-state index in [9.17, 15) is 24.6 Å². The number of carboxylic acid groups (broad SMARTS) is 2. The number of ketones is 1. The average Bonchev–Trinajstić information content (AvgIpc) is 3.68. The van der Waals surface area contributed by atoms with Crippen molar-refractivity contribution < 1.29 is 24.6 Å². The molecule has 3 saturated heterocycles. The molecule has 6 rings (SSSR count). The predicted molar refractivity (Wildman–Crippen MR) is 164 cm³/mol. The van der Waals surface area contributed by atoms with Crippen molar-refractivity contribution in [3.63, 3.8) is 0 Å². The van der Waals surface area contributed by atoms with Crippen LogP contribution < -0.4 is 21.3 Å². The van der Waals surface area contributed by atoms with Gasteiger partial charge in [-0.1, -0.05) is 38.0 Å². The second-order valence-corrected chi connectivity index (χ2v) is 14.4.